The standard InChI is InChI=1S/C28H30FN3O3/c29-24-9-4-8-23(16-24)27-25(10-5-15-30)31-32(28(27)22-6-2-1-3-7-22)17-20-11-13-21(14-12-20)18-35-19-26(33)34/h1-4,6-9,16,20-21H,5,10-14,17-19H2,(H,33,34)/t20-,21-. The zero-order chi connectivity index (χ0) is 24.6. The van der Waals surface area contributed by atoms with Crippen molar-refractivity contribution in [3.05, 3.63) is 66.1 Å². The van der Waals surface area contributed by atoms with Gasteiger partial charge in [0, 0.05) is 30.5 Å². The summed E-state index contributed by atoms with van der Waals surface area (Å²) in [5.41, 5.74) is 4.44. The number of nitrogens with zero attached hydrogens (tertiary/aromatic N) is 3. The zero-order valence-electron chi connectivity index (χ0n) is 19.7. The number of carboxylic acids is 1. The first-order chi connectivity index (χ1) is 17.0. The van der Waals surface area contributed by atoms with Crippen LogP contribution >= 0.6 is 0 Å². The van der Waals surface area contributed by atoms with Gasteiger partial charge in [-0.2, -0.15) is 10.4 Å². The number of hydrogen-bond acceptors (Lipinski definition) is 4. The van der Waals surface area contributed by atoms with Crippen LogP contribution in [0.25, 0.3) is 22.4 Å². The van der Waals surface area contributed by atoms with Gasteiger partial charge in [-0.1, -0.05) is 42.5 Å². The van der Waals surface area contributed by atoms with Crippen molar-refractivity contribution in [1.82, 2.24) is 9.78 Å². The van der Waals surface area contributed by atoms with Gasteiger partial charge < -0.3 is 9.84 Å². The van der Waals surface area contributed by atoms with Crippen LogP contribution in [0.3, 0.4) is 0 Å². The minimum Gasteiger partial charge on any atom is -0.480 e. The molecule has 1 aliphatic rings. The summed E-state index contributed by atoms with van der Waals surface area (Å²) in [5.74, 6) is -0.431. The van der Waals surface area contributed by atoms with Crippen molar-refractivity contribution in [2.45, 2.75) is 45.1 Å². The van der Waals surface area contributed by atoms with Crippen molar-refractivity contribution in [2.24, 2.45) is 11.8 Å². The Morgan fingerprint density at radius 2 is 1.80 bits per heavy atom. The highest BCUT2D eigenvalue weighted by molar-refractivity contribution is 5.83. The van der Waals surface area contributed by atoms with Gasteiger partial charge in [-0.15, -0.1) is 0 Å². The number of carboxylic acid groups (broad SMARTS) is 1. The van der Waals surface area contributed by atoms with Crippen LogP contribution in [0, 0.1) is 29.0 Å². The van der Waals surface area contributed by atoms with Crippen molar-refractivity contribution in [2.75, 3.05) is 13.2 Å². The van der Waals surface area contributed by atoms with E-state index in [1.54, 1.807) is 6.07 Å². The quantitative estimate of drug-likeness (QED) is 0.405. The van der Waals surface area contributed by atoms with Gasteiger partial charge >= 0.3 is 5.97 Å². The fourth-order valence-electron chi connectivity index (χ4n) is 4.97. The lowest BCUT2D eigenvalue weighted by atomic mass is 9.82. The molecule has 1 N–H and O–H groups in total. The number of hydrogen-bond donors (Lipinski definition) is 1. The van der Waals surface area contributed by atoms with Gasteiger partial charge in [0.25, 0.3) is 0 Å². The maximum atomic E-state index is 14.2. The average Bonchev–Trinajstić information content (AvgIpc) is 3.22. The maximum absolute atomic E-state index is 14.2. The first-order valence-electron chi connectivity index (χ1n) is 12.1. The highest BCUT2D eigenvalue weighted by atomic mass is 19.1. The van der Waals surface area contributed by atoms with Gasteiger partial charge in [0.15, 0.2) is 0 Å². The van der Waals surface area contributed by atoms with Gasteiger partial charge in [0.1, 0.15) is 12.4 Å². The van der Waals surface area contributed by atoms with E-state index in [9.17, 15) is 14.4 Å². The summed E-state index contributed by atoms with van der Waals surface area (Å²) in [6.07, 6.45) is 4.85. The average molecular weight is 476 g/mol. The van der Waals surface area contributed by atoms with E-state index in [1.165, 1.54) is 12.1 Å². The summed E-state index contributed by atoms with van der Waals surface area (Å²) in [5, 5.41) is 23.0. The molecule has 0 unspecified atom stereocenters. The maximum Gasteiger partial charge on any atom is 0.329 e. The second-order valence-electron chi connectivity index (χ2n) is 9.18. The number of carbonyl (C=O) groups is 1. The van der Waals surface area contributed by atoms with Crippen molar-refractivity contribution >= 4 is 5.97 Å². The molecule has 0 spiro atoms. The summed E-state index contributed by atoms with van der Waals surface area (Å²) in [7, 11) is 0. The van der Waals surface area contributed by atoms with E-state index in [4.69, 9.17) is 14.9 Å². The van der Waals surface area contributed by atoms with Crippen LogP contribution in [-0.4, -0.2) is 34.1 Å². The SMILES string of the molecule is N#CCCc1nn(C[C@H]2CC[C@H](COCC(=O)O)CC2)c(-c2ccccc2)c1-c1cccc(F)c1. The highest BCUT2D eigenvalue weighted by Gasteiger charge is 2.26. The van der Waals surface area contributed by atoms with E-state index in [0.29, 0.717) is 31.3 Å². The lowest BCUT2D eigenvalue weighted by Gasteiger charge is -2.28. The van der Waals surface area contributed by atoms with E-state index >= 15 is 0 Å². The van der Waals surface area contributed by atoms with Crippen LogP contribution in [0.15, 0.2) is 54.6 Å². The van der Waals surface area contributed by atoms with E-state index in [-0.39, 0.29) is 12.4 Å². The van der Waals surface area contributed by atoms with E-state index in [1.807, 2.05) is 41.1 Å². The number of aryl methyl sites for hydroxylation is 1. The predicted octanol–water partition coefficient (Wildman–Crippen LogP) is 5.72. The molecule has 0 atom stereocenters. The Hall–Kier alpha value is -3.50. The number of halogens is 1. The fraction of sp³-hybridized carbons (Fsp3) is 0.393. The zero-order valence-corrected chi connectivity index (χ0v) is 19.7. The minimum atomic E-state index is -0.938. The Morgan fingerprint density at radius 1 is 1.09 bits per heavy atom. The molecule has 35 heavy (non-hydrogen) atoms. The Bertz CT molecular complexity index is 1180. The van der Waals surface area contributed by atoms with Crippen LogP contribution in [0.5, 0.6) is 0 Å². The van der Waals surface area contributed by atoms with Crippen LogP contribution < -0.4 is 0 Å². The number of aliphatic carboxylic acids is 1. The molecule has 1 fully saturated rings. The molecule has 1 aromatic heterocycles. The molecule has 1 aliphatic carbocycles. The highest BCUT2D eigenvalue weighted by Crippen LogP contribution is 2.38. The summed E-state index contributed by atoms with van der Waals surface area (Å²) < 4.78 is 21.6. The van der Waals surface area contributed by atoms with Crippen LogP contribution in [0.1, 0.15) is 37.8 Å². The number of ether oxygens (including phenoxy) is 1. The van der Waals surface area contributed by atoms with Gasteiger partial charge in [0.05, 0.1) is 24.1 Å². The summed E-state index contributed by atoms with van der Waals surface area (Å²) in [6.45, 7) is 0.974. The molecule has 1 saturated carbocycles. The van der Waals surface area contributed by atoms with Crippen molar-refractivity contribution in [3.63, 3.8) is 0 Å². The number of nitriles is 1. The molecule has 182 valence electrons. The third kappa shape index (κ3) is 6.34. The molecule has 0 amide bonds. The molecule has 0 bridgehead atoms. The molecular formula is C28H30FN3O3. The van der Waals surface area contributed by atoms with Gasteiger partial charge in [0.2, 0.25) is 0 Å². The first-order valence-corrected chi connectivity index (χ1v) is 12.1. The number of rotatable bonds is 10. The third-order valence-electron chi connectivity index (χ3n) is 6.64. The lowest BCUT2D eigenvalue weighted by molar-refractivity contribution is -0.142. The lowest BCUT2D eigenvalue weighted by Crippen LogP contribution is -2.23. The van der Waals surface area contributed by atoms with Crippen LogP contribution in [-0.2, 0) is 22.5 Å². The molecule has 0 saturated heterocycles. The van der Waals surface area contributed by atoms with Gasteiger partial charge in [-0.25, -0.2) is 9.18 Å². The number of aromatic nitrogens is 2. The monoisotopic (exact) mass is 475 g/mol. The van der Waals surface area contributed by atoms with Crippen molar-refractivity contribution in [1.29, 1.82) is 5.26 Å². The molecule has 2 aromatic carbocycles. The Morgan fingerprint density at radius 3 is 2.49 bits per heavy atom. The van der Waals surface area contributed by atoms with Crippen molar-refractivity contribution in [3.8, 4) is 28.5 Å². The third-order valence-corrected chi connectivity index (χ3v) is 6.64. The van der Waals surface area contributed by atoms with E-state index < -0.39 is 5.97 Å². The topological polar surface area (TPSA) is 88.1 Å². The summed E-state index contributed by atoms with van der Waals surface area (Å²) >= 11 is 0. The second-order valence-corrected chi connectivity index (χ2v) is 9.18. The fourth-order valence-corrected chi connectivity index (χ4v) is 4.97. The first kappa shape index (κ1) is 24.6. The second kappa shape index (κ2) is 11.8. The Balaban J connectivity index is 1.62. The van der Waals surface area contributed by atoms with Gasteiger partial charge in [-0.05, 0) is 55.2 Å². The molecule has 0 radical (unpaired) electrons. The molecule has 0 aliphatic heterocycles. The van der Waals surface area contributed by atoms with Crippen LogP contribution in [0.4, 0.5) is 4.39 Å². The molecule has 6 nitrogen and oxygen atoms in total. The predicted molar refractivity (Wildman–Crippen MR) is 131 cm³/mol. The van der Waals surface area contributed by atoms with E-state index in [2.05, 4.69) is 6.07 Å². The summed E-state index contributed by atoms with van der Waals surface area (Å²) in [6, 6.07) is 18.8. The summed E-state index contributed by atoms with van der Waals surface area (Å²) in [4.78, 5) is 10.7. The molecular weight excluding hydrogens is 445 g/mol. The Kier molecular flexibility index (Phi) is 8.27. The largest absolute Gasteiger partial charge is 0.480 e. The molecule has 3 aromatic rings. The van der Waals surface area contributed by atoms with E-state index in [0.717, 1.165) is 60.3 Å². The Labute approximate surface area is 205 Å². The van der Waals surface area contributed by atoms with Crippen molar-refractivity contribution < 1.29 is 19.0 Å². The normalized spacial score (nSPS) is 17.7. The molecule has 1 heterocycles. The molecule has 4 rings (SSSR count). The van der Waals surface area contributed by atoms with Crippen LogP contribution in [0.2, 0.25) is 0 Å². The van der Waals surface area contributed by atoms with Gasteiger partial charge in [-0.3, -0.25) is 4.68 Å². The number of benzene rings is 2. The molecule has 7 heteroatoms. The smallest absolute Gasteiger partial charge is 0.329 e. The minimum absolute atomic E-state index is 0.248.